The summed E-state index contributed by atoms with van der Waals surface area (Å²) in [6.07, 6.45) is 1.41. The molecule has 10 nitrogen and oxygen atoms in total. The number of benzene rings is 1. The van der Waals surface area contributed by atoms with Crippen LogP contribution in [0.25, 0.3) is 10.9 Å². The van der Waals surface area contributed by atoms with Crippen molar-refractivity contribution >= 4 is 28.6 Å². The van der Waals surface area contributed by atoms with Gasteiger partial charge in [-0.15, -0.1) is 0 Å². The van der Waals surface area contributed by atoms with Gasteiger partial charge in [-0.3, -0.25) is 14.4 Å². The molecule has 1 aliphatic rings. The fraction of sp³-hybridized carbons (Fsp3) is 0.538. The van der Waals surface area contributed by atoms with Crippen LogP contribution in [0.4, 0.5) is 0 Å². The fourth-order valence-electron chi connectivity index (χ4n) is 4.60. The average Bonchev–Trinajstić information content (AvgIpc) is 3.47. The van der Waals surface area contributed by atoms with Crippen molar-refractivity contribution in [1.82, 2.24) is 26.3 Å². The predicted molar refractivity (Wildman–Crippen MR) is 136 cm³/mol. The van der Waals surface area contributed by atoms with Crippen LogP contribution in [0.3, 0.4) is 0 Å². The third-order valence-corrected chi connectivity index (χ3v) is 6.41. The second-order valence-corrected chi connectivity index (χ2v) is 9.55. The van der Waals surface area contributed by atoms with Crippen LogP contribution < -0.4 is 26.0 Å². The smallest absolute Gasteiger partial charge is 0.268 e. The van der Waals surface area contributed by atoms with E-state index in [2.05, 4.69) is 32.3 Å². The van der Waals surface area contributed by atoms with E-state index in [1.165, 1.54) is 0 Å². The molecule has 10 heteroatoms. The molecule has 3 amide bonds. The lowest BCUT2D eigenvalue weighted by atomic mass is 9.93. The number of amides is 3. The summed E-state index contributed by atoms with van der Waals surface area (Å²) in [6.45, 7) is 6.94. The van der Waals surface area contributed by atoms with Gasteiger partial charge >= 0.3 is 0 Å². The maximum atomic E-state index is 13.4. The first-order valence-corrected chi connectivity index (χ1v) is 12.4. The molecule has 0 saturated carbocycles. The number of carbonyl (C=O) groups excluding carboxylic acids is 3. The number of likely N-dealkylation sites (N-methyl/N-ethyl adjacent to an activating group) is 1. The van der Waals surface area contributed by atoms with Gasteiger partial charge < -0.3 is 31.0 Å². The number of aromatic nitrogens is 1. The lowest BCUT2D eigenvalue weighted by Gasteiger charge is -2.28. The van der Waals surface area contributed by atoms with Crippen LogP contribution in [-0.4, -0.2) is 61.0 Å². The van der Waals surface area contributed by atoms with E-state index in [1.807, 2.05) is 39.0 Å². The maximum absolute atomic E-state index is 13.4. The van der Waals surface area contributed by atoms with Crippen molar-refractivity contribution < 1.29 is 19.1 Å². The second kappa shape index (κ2) is 12.4. The highest BCUT2D eigenvalue weighted by molar-refractivity contribution is 6.01. The zero-order chi connectivity index (χ0) is 26.2. The highest BCUT2D eigenvalue weighted by Crippen LogP contribution is 2.26. The van der Waals surface area contributed by atoms with Crippen molar-refractivity contribution in [2.45, 2.75) is 58.2 Å². The Morgan fingerprint density at radius 2 is 2.06 bits per heavy atom. The van der Waals surface area contributed by atoms with E-state index in [1.54, 1.807) is 13.2 Å². The monoisotopic (exact) mass is 496 g/mol. The van der Waals surface area contributed by atoms with E-state index in [9.17, 15) is 19.6 Å². The Hall–Kier alpha value is -3.58. The normalized spacial score (nSPS) is 17.8. The quantitative estimate of drug-likeness (QED) is 0.303. The molecule has 0 spiro atoms. The standard InChI is InChI=1S/C26H36N6O4/c1-5-28-22(14-27)19(12-16-9-10-29-24(16)33)31-25(34)20(11-15(2)3)32-26(35)21-13-17-18(30-21)7-6-8-23(17)36-4/h6-8,13,15-16,19-20,22,28,30H,5,9-12H2,1-4H3,(H,29,33)(H,31,34)(H,32,35)/t16-,19-,20-,22+/m0/s1. The van der Waals surface area contributed by atoms with Crippen molar-refractivity contribution in [2.75, 3.05) is 20.2 Å². The highest BCUT2D eigenvalue weighted by Gasteiger charge is 2.34. The molecule has 1 aliphatic heterocycles. The summed E-state index contributed by atoms with van der Waals surface area (Å²) < 4.78 is 5.37. The van der Waals surface area contributed by atoms with Crippen molar-refractivity contribution in [2.24, 2.45) is 11.8 Å². The Morgan fingerprint density at radius 1 is 1.28 bits per heavy atom. The molecule has 4 atom stereocenters. The molecule has 36 heavy (non-hydrogen) atoms. The van der Waals surface area contributed by atoms with Gasteiger partial charge in [-0.05, 0) is 49.9 Å². The number of fused-ring (bicyclic) bond motifs is 1. The zero-order valence-electron chi connectivity index (χ0n) is 21.3. The number of ether oxygens (including phenoxy) is 1. The largest absolute Gasteiger partial charge is 0.496 e. The van der Waals surface area contributed by atoms with Crippen LogP contribution in [0.5, 0.6) is 5.75 Å². The minimum atomic E-state index is -0.813. The Labute approximate surface area is 211 Å². The maximum Gasteiger partial charge on any atom is 0.268 e. The topological polar surface area (TPSA) is 148 Å². The Balaban J connectivity index is 1.79. The number of rotatable bonds is 12. The van der Waals surface area contributed by atoms with Crippen molar-refractivity contribution in [1.29, 1.82) is 5.26 Å². The van der Waals surface area contributed by atoms with Crippen LogP contribution >= 0.6 is 0 Å². The molecule has 0 radical (unpaired) electrons. The Kier molecular flexibility index (Phi) is 9.31. The minimum Gasteiger partial charge on any atom is -0.496 e. The van der Waals surface area contributed by atoms with Gasteiger partial charge in [0, 0.05) is 23.4 Å². The Morgan fingerprint density at radius 3 is 2.67 bits per heavy atom. The molecule has 1 aromatic carbocycles. The van der Waals surface area contributed by atoms with E-state index < -0.39 is 24.0 Å². The number of methoxy groups -OCH3 is 1. The number of nitrogens with zero attached hydrogens (tertiary/aromatic N) is 1. The lowest BCUT2D eigenvalue weighted by molar-refractivity contribution is -0.126. The van der Waals surface area contributed by atoms with Crippen molar-refractivity contribution in [3.05, 3.63) is 30.0 Å². The summed E-state index contributed by atoms with van der Waals surface area (Å²) in [4.78, 5) is 41.8. The predicted octanol–water partition coefficient (Wildman–Crippen LogP) is 1.83. The van der Waals surface area contributed by atoms with Gasteiger partial charge in [0.2, 0.25) is 11.8 Å². The number of H-pyrrole nitrogens is 1. The van der Waals surface area contributed by atoms with Crippen LogP contribution in [0, 0.1) is 23.2 Å². The van der Waals surface area contributed by atoms with Gasteiger partial charge in [0.05, 0.1) is 19.2 Å². The number of hydrogen-bond donors (Lipinski definition) is 5. The molecule has 0 aliphatic carbocycles. The SMILES string of the molecule is CCN[C@H](C#N)[C@H](C[C@@H]1CCNC1=O)NC(=O)[C@H](CC(C)C)NC(=O)c1cc2c(OC)cccc2[nH]1. The molecule has 194 valence electrons. The summed E-state index contributed by atoms with van der Waals surface area (Å²) >= 11 is 0. The van der Waals surface area contributed by atoms with Gasteiger partial charge in [0.25, 0.3) is 5.91 Å². The van der Waals surface area contributed by atoms with Gasteiger partial charge in [0.1, 0.15) is 23.5 Å². The molecule has 0 unspecified atom stereocenters. The van der Waals surface area contributed by atoms with E-state index in [4.69, 9.17) is 4.74 Å². The molecule has 0 bridgehead atoms. The summed E-state index contributed by atoms with van der Waals surface area (Å²) in [5.41, 5.74) is 1.07. The third-order valence-electron chi connectivity index (χ3n) is 6.41. The molecule has 5 N–H and O–H groups in total. The number of nitriles is 1. The average molecular weight is 497 g/mol. The first-order valence-electron chi connectivity index (χ1n) is 12.4. The second-order valence-electron chi connectivity index (χ2n) is 9.55. The summed E-state index contributed by atoms with van der Waals surface area (Å²) in [5, 5.41) is 22.2. The molecule has 3 rings (SSSR count). The van der Waals surface area contributed by atoms with Gasteiger partial charge in [-0.2, -0.15) is 5.26 Å². The van der Waals surface area contributed by atoms with Crippen LogP contribution in [0.1, 0.15) is 50.5 Å². The van der Waals surface area contributed by atoms with Crippen LogP contribution in [0.2, 0.25) is 0 Å². The summed E-state index contributed by atoms with van der Waals surface area (Å²) in [5.74, 6) is -0.364. The lowest BCUT2D eigenvalue weighted by Crippen LogP contribution is -2.56. The molecular weight excluding hydrogens is 460 g/mol. The molecular formula is C26H36N6O4. The molecule has 1 saturated heterocycles. The number of aromatic amines is 1. The van der Waals surface area contributed by atoms with Crippen LogP contribution in [-0.2, 0) is 9.59 Å². The highest BCUT2D eigenvalue weighted by atomic mass is 16.5. The van der Waals surface area contributed by atoms with E-state index >= 15 is 0 Å². The zero-order valence-corrected chi connectivity index (χ0v) is 21.3. The first kappa shape index (κ1) is 27.0. The number of hydrogen-bond acceptors (Lipinski definition) is 6. The molecule has 2 heterocycles. The summed E-state index contributed by atoms with van der Waals surface area (Å²) in [7, 11) is 1.57. The fourth-order valence-corrected chi connectivity index (χ4v) is 4.60. The van der Waals surface area contributed by atoms with E-state index in [0.29, 0.717) is 43.8 Å². The van der Waals surface area contributed by atoms with E-state index in [0.717, 1.165) is 10.9 Å². The van der Waals surface area contributed by atoms with Crippen LogP contribution in [0.15, 0.2) is 24.3 Å². The van der Waals surface area contributed by atoms with Gasteiger partial charge in [-0.1, -0.05) is 26.8 Å². The van der Waals surface area contributed by atoms with Gasteiger partial charge in [-0.25, -0.2) is 0 Å². The van der Waals surface area contributed by atoms with Gasteiger partial charge in [0.15, 0.2) is 0 Å². The third kappa shape index (κ3) is 6.55. The summed E-state index contributed by atoms with van der Waals surface area (Å²) in [6, 6.07) is 7.34. The minimum absolute atomic E-state index is 0.0660. The molecule has 1 fully saturated rings. The molecule has 2 aromatic rings. The van der Waals surface area contributed by atoms with E-state index in [-0.39, 0.29) is 23.7 Å². The number of nitrogens with one attached hydrogen (secondary N) is 5. The van der Waals surface area contributed by atoms with Crippen molar-refractivity contribution in [3.63, 3.8) is 0 Å². The number of carbonyl (C=O) groups is 3. The van der Waals surface area contributed by atoms with Crippen molar-refractivity contribution in [3.8, 4) is 11.8 Å². The Bertz CT molecular complexity index is 1120. The first-order chi connectivity index (χ1) is 17.3. The molecule has 1 aromatic heterocycles.